The Morgan fingerprint density at radius 1 is 0.870 bits per heavy atom. The SMILES string of the molecule is Cc1ccc(-c2cc(C)cc(-c3n[nH]c(C(F)(F)F)n3)n2)cc1. The average molecular weight is 318 g/mol. The zero-order valence-corrected chi connectivity index (χ0v) is 12.4. The summed E-state index contributed by atoms with van der Waals surface area (Å²) in [6.45, 7) is 3.82. The highest BCUT2D eigenvalue weighted by Gasteiger charge is 2.35. The van der Waals surface area contributed by atoms with Crippen molar-refractivity contribution in [3.05, 3.63) is 53.3 Å². The van der Waals surface area contributed by atoms with Crippen molar-refractivity contribution in [1.29, 1.82) is 0 Å². The number of halogens is 3. The first-order chi connectivity index (χ1) is 10.8. The molecular formula is C16H13F3N4. The third-order valence-electron chi connectivity index (χ3n) is 3.30. The summed E-state index contributed by atoms with van der Waals surface area (Å²) < 4.78 is 37.9. The second-order valence-electron chi connectivity index (χ2n) is 5.29. The minimum absolute atomic E-state index is 0.0746. The smallest absolute Gasteiger partial charge is 0.255 e. The highest BCUT2D eigenvalue weighted by Crippen LogP contribution is 2.28. The Kier molecular flexibility index (Phi) is 3.63. The molecule has 0 saturated heterocycles. The summed E-state index contributed by atoms with van der Waals surface area (Å²) in [5, 5.41) is 5.53. The normalized spacial score (nSPS) is 11.7. The van der Waals surface area contributed by atoms with Gasteiger partial charge < -0.3 is 0 Å². The van der Waals surface area contributed by atoms with Crippen LogP contribution in [0.2, 0.25) is 0 Å². The first-order valence-electron chi connectivity index (χ1n) is 6.88. The van der Waals surface area contributed by atoms with Gasteiger partial charge >= 0.3 is 6.18 Å². The topological polar surface area (TPSA) is 54.5 Å². The monoisotopic (exact) mass is 318 g/mol. The lowest BCUT2D eigenvalue weighted by Gasteiger charge is -2.05. The summed E-state index contributed by atoms with van der Waals surface area (Å²) in [5.74, 6) is -1.21. The number of H-pyrrole nitrogens is 1. The summed E-state index contributed by atoms with van der Waals surface area (Å²) in [6.07, 6.45) is -4.56. The molecule has 0 amide bonds. The van der Waals surface area contributed by atoms with Crippen LogP contribution >= 0.6 is 0 Å². The van der Waals surface area contributed by atoms with E-state index >= 15 is 0 Å². The Labute approximate surface area is 130 Å². The van der Waals surface area contributed by atoms with Crippen molar-refractivity contribution >= 4 is 0 Å². The number of aromatic nitrogens is 4. The van der Waals surface area contributed by atoms with Crippen LogP contribution in [-0.2, 0) is 6.18 Å². The van der Waals surface area contributed by atoms with Crippen LogP contribution in [0.5, 0.6) is 0 Å². The maximum atomic E-state index is 12.6. The van der Waals surface area contributed by atoms with Gasteiger partial charge in [0.25, 0.3) is 0 Å². The molecule has 0 saturated carbocycles. The average Bonchev–Trinajstić information content (AvgIpc) is 2.97. The second kappa shape index (κ2) is 5.49. The van der Waals surface area contributed by atoms with Crippen molar-refractivity contribution in [2.45, 2.75) is 20.0 Å². The van der Waals surface area contributed by atoms with E-state index < -0.39 is 12.0 Å². The van der Waals surface area contributed by atoms with Gasteiger partial charge in [0, 0.05) is 5.56 Å². The van der Waals surface area contributed by atoms with Crippen molar-refractivity contribution in [2.75, 3.05) is 0 Å². The van der Waals surface area contributed by atoms with E-state index in [9.17, 15) is 13.2 Å². The number of benzene rings is 1. The third-order valence-corrected chi connectivity index (χ3v) is 3.30. The molecule has 0 unspecified atom stereocenters. The molecule has 3 aromatic rings. The van der Waals surface area contributed by atoms with Gasteiger partial charge in [-0.05, 0) is 31.5 Å². The fourth-order valence-electron chi connectivity index (χ4n) is 2.16. The maximum absolute atomic E-state index is 12.6. The molecule has 0 bridgehead atoms. The van der Waals surface area contributed by atoms with Gasteiger partial charge in [0.15, 0.2) is 5.82 Å². The van der Waals surface area contributed by atoms with Gasteiger partial charge in [-0.25, -0.2) is 9.97 Å². The van der Waals surface area contributed by atoms with Crippen LogP contribution in [0.15, 0.2) is 36.4 Å². The van der Waals surface area contributed by atoms with E-state index in [0.29, 0.717) is 11.4 Å². The van der Waals surface area contributed by atoms with Gasteiger partial charge in [-0.3, -0.25) is 5.10 Å². The van der Waals surface area contributed by atoms with Crippen LogP contribution in [0.1, 0.15) is 17.0 Å². The molecule has 0 radical (unpaired) electrons. The van der Waals surface area contributed by atoms with Crippen molar-refractivity contribution in [2.24, 2.45) is 0 Å². The maximum Gasteiger partial charge on any atom is 0.451 e. The molecule has 0 aliphatic rings. The first kappa shape index (κ1) is 15.2. The predicted octanol–water partition coefficient (Wildman–Crippen LogP) is 4.17. The van der Waals surface area contributed by atoms with Crippen LogP contribution in [0, 0.1) is 13.8 Å². The number of pyridine rings is 1. The lowest BCUT2D eigenvalue weighted by atomic mass is 10.1. The second-order valence-corrected chi connectivity index (χ2v) is 5.29. The van der Waals surface area contributed by atoms with Crippen molar-refractivity contribution in [3.63, 3.8) is 0 Å². The number of hydrogen-bond acceptors (Lipinski definition) is 3. The van der Waals surface area contributed by atoms with E-state index in [0.717, 1.165) is 16.7 Å². The molecule has 0 fully saturated rings. The van der Waals surface area contributed by atoms with Crippen LogP contribution < -0.4 is 0 Å². The number of aromatic amines is 1. The molecule has 1 N–H and O–H groups in total. The van der Waals surface area contributed by atoms with E-state index in [1.165, 1.54) is 0 Å². The summed E-state index contributed by atoms with van der Waals surface area (Å²) in [7, 11) is 0. The minimum atomic E-state index is -4.56. The van der Waals surface area contributed by atoms with E-state index in [-0.39, 0.29) is 5.82 Å². The summed E-state index contributed by atoms with van der Waals surface area (Å²) >= 11 is 0. The molecule has 3 rings (SSSR count). The quantitative estimate of drug-likeness (QED) is 0.771. The molecule has 0 aliphatic carbocycles. The molecule has 0 spiro atoms. The molecule has 0 atom stereocenters. The number of rotatable bonds is 2. The fraction of sp³-hybridized carbons (Fsp3) is 0.188. The van der Waals surface area contributed by atoms with Gasteiger partial charge in [-0.15, -0.1) is 0 Å². The van der Waals surface area contributed by atoms with Crippen molar-refractivity contribution in [3.8, 4) is 22.8 Å². The Balaban J connectivity index is 2.04. The molecule has 23 heavy (non-hydrogen) atoms. The molecule has 1 aromatic carbocycles. The molecule has 2 aromatic heterocycles. The molecular weight excluding hydrogens is 305 g/mol. The number of nitrogens with zero attached hydrogens (tertiary/aromatic N) is 3. The predicted molar refractivity (Wildman–Crippen MR) is 79.5 cm³/mol. The number of hydrogen-bond donors (Lipinski definition) is 1. The van der Waals surface area contributed by atoms with Gasteiger partial charge in [-0.1, -0.05) is 29.8 Å². The third kappa shape index (κ3) is 3.23. The highest BCUT2D eigenvalue weighted by atomic mass is 19.4. The first-order valence-corrected chi connectivity index (χ1v) is 6.88. The van der Waals surface area contributed by atoms with Gasteiger partial charge in [-0.2, -0.15) is 18.3 Å². The standard InChI is InChI=1S/C16H13F3N4/c1-9-3-5-11(6-4-9)12-7-10(2)8-13(20-12)14-21-15(23-22-14)16(17,18)19/h3-8H,1-2H3,(H,21,22,23). The van der Waals surface area contributed by atoms with E-state index in [2.05, 4.69) is 15.1 Å². The van der Waals surface area contributed by atoms with E-state index in [1.54, 1.807) is 6.07 Å². The van der Waals surface area contributed by atoms with Gasteiger partial charge in [0.1, 0.15) is 5.69 Å². The van der Waals surface area contributed by atoms with E-state index in [1.807, 2.05) is 49.3 Å². The molecule has 4 nitrogen and oxygen atoms in total. The number of alkyl halides is 3. The zero-order chi connectivity index (χ0) is 16.6. The van der Waals surface area contributed by atoms with E-state index in [4.69, 9.17) is 0 Å². The Morgan fingerprint density at radius 3 is 2.13 bits per heavy atom. The largest absolute Gasteiger partial charge is 0.451 e. The lowest BCUT2D eigenvalue weighted by molar-refractivity contribution is -0.144. The van der Waals surface area contributed by atoms with Crippen LogP contribution in [-0.4, -0.2) is 20.2 Å². The lowest BCUT2D eigenvalue weighted by Crippen LogP contribution is -2.07. The summed E-state index contributed by atoms with van der Waals surface area (Å²) in [4.78, 5) is 7.87. The number of nitrogens with one attached hydrogen (secondary N) is 1. The van der Waals surface area contributed by atoms with Crippen molar-refractivity contribution < 1.29 is 13.2 Å². The van der Waals surface area contributed by atoms with Crippen LogP contribution in [0.4, 0.5) is 13.2 Å². The Morgan fingerprint density at radius 2 is 1.52 bits per heavy atom. The zero-order valence-electron chi connectivity index (χ0n) is 12.4. The van der Waals surface area contributed by atoms with Crippen LogP contribution in [0.3, 0.4) is 0 Å². The molecule has 118 valence electrons. The fourth-order valence-corrected chi connectivity index (χ4v) is 2.16. The number of aryl methyl sites for hydroxylation is 2. The highest BCUT2D eigenvalue weighted by molar-refractivity contribution is 5.64. The summed E-state index contributed by atoms with van der Waals surface area (Å²) in [5.41, 5.74) is 3.83. The summed E-state index contributed by atoms with van der Waals surface area (Å²) in [6, 6.07) is 11.3. The molecule has 0 aliphatic heterocycles. The minimum Gasteiger partial charge on any atom is -0.255 e. The molecule has 2 heterocycles. The molecule has 7 heteroatoms. The Bertz CT molecular complexity index is 835. The van der Waals surface area contributed by atoms with Gasteiger partial charge in [0.2, 0.25) is 5.82 Å². The Hall–Kier alpha value is -2.70. The van der Waals surface area contributed by atoms with Crippen molar-refractivity contribution in [1.82, 2.24) is 20.2 Å². The van der Waals surface area contributed by atoms with Gasteiger partial charge in [0.05, 0.1) is 5.69 Å². The van der Waals surface area contributed by atoms with Crippen LogP contribution in [0.25, 0.3) is 22.8 Å².